The Kier molecular flexibility index (Phi) is 5.85. The van der Waals surface area contributed by atoms with Crippen molar-refractivity contribution >= 4 is 16.0 Å². The molecule has 0 saturated heterocycles. The largest absolute Gasteiger partial charge is 0.618 e. The zero-order valence-electron chi connectivity index (χ0n) is 13.8. The van der Waals surface area contributed by atoms with E-state index in [0.29, 0.717) is 11.5 Å². The highest BCUT2D eigenvalue weighted by atomic mass is 32.2. The predicted octanol–water partition coefficient (Wildman–Crippen LogP) is 1.39. The van der Waals surface area contributed by atoms with Crippen molar-refractivity contribution < 1.29 is 35.6 Å². The van der Waals surface area contributed by atoms with Gasteiger partial charge in [0.05, 0.1) is 13.2 Å². The minimum atomic E-state index is -5.74. The molecule has 0 aromatic carbocycles. The molecule has 0 spiro atoms. The van der Waals surface area contributed by atoms with Gasteiger partial charge in [-0.25, -0.2) is 4.79 Å². The van der Waals surface area contributed by atoms with E-state index in [2.05, 4.69) is 6.58 Å². The minimum absolute atomic E-state index is 0.0142. The fraction of sp³-hybridized carbons (Fsp3) is 0.800. The van der Waals surface area contributed by atoms with Crippen LogP contribution in [0.3, 0.4) is 0 Å². The molecule has 6 nitrogen and oxygen atoms in total. The summed E-state index contributed by atoms with van der Waals surface area (Å²) < 4.78 is 62.7. The zero-order chi connectivity index (χ0) is 19.0. The average molecular weight is 385 g/mol. The maximum absolute atomic E-state index is 12.4. The van der Waals surface area contributed by atoms with E-state index in [1.165, 1.54) is 0 Å². The molecule has 25 heavy (non-hydrogen) atoms. The molecule has 144 valence electrons. The van der Waals surface area contributed by atoms with Crippen LogP contribution >= 0.6 is 0 Å². The highest BCUT2D eigenvalue weighted by Gasteiger charge is 2.52. The van der Waals surface area contributed by atoms with Crippen LogP contribution < -0.4 is 4.47 Å². The second-order valence-electron chi connectivity index (χ2n) is 6.90. The second kappa shape index (κ2) is 7.24. The Hall–Kier alpha value is -1.13. The molecule has 1 N–H and O–H groups in total. The lowest BCUT2D eigenvalue weighted by atomic mass is 9.86. The summed E-state index contributed by atoms with van der Waals surface area (Å²) in [5, 5.41) is 11.5. The van der Waals surface area contributed by atoms with E-state index in [9.17, 15) is 31.6 Å². The van der Waals surface area contributed by atoms with Crippen molar-refractivity contribution in [3.63, 3.8) is 0 Å². The summed E-state index contributed by atoms with van der Waals surface area (Å²) in [5.41, 5.74) is -5.25. The second-order valence-corrected chi connectivity index (χ2v) is 8.82. The number of esters is 1. The quantitative estimate of drug-likeness (QED) is 0.407. The first kappa shape index (κ1) is 20.2. The van der Waals surface area contributed by atoms with E-state index in [1.807, 2.05) is 0 Å². The summed E-state index contributed by atoms with van der Waals surface area (Å²) >= 11 is 0. The molecule has 2 rings (SSSR count). The van der Waals surface area contributed by atoms with Crippen molar-refractivity contribution in [3.8, 4) is 0 Å². The SMILES string of the molecule is C=C(C)C(=O)OCC1C2CCC1C(CC[NH+]([O-])S(=O)(=O)C(F)(F)F)C2. The molecule has 0 radical (unpaired) electrons. The lowest BCUT2D eigenvalue weighted by Crippen LogP contribution is -3.10. The standard InChI is InChI=1S/C15H22F3NO5S/c1-9(2)14(20)24-8-13-10-3-4-12(13)11(7-10)5-6-19(21)25(22,23)15(16,17)18/h10-13,19H,1,3-8H2,2H3. The maximum atomic E-state index is 12.4. The molecule has 2 saturated carbocycles. The third kappa shape index (κ3) is 4.17. The Balaban J connectivity index is 1.89. The number of hydrogen-bond donors (Lipinski definition) is 1. The monoisotopic (exact) mass is 385 g/mol. The van der Waals surface area contributed by atoms with E-state index < -0.39 is 32.5 Å². The first-order chi connectivity index (χ1) is 11.4. The summed E-state index contributed by atoms with van der Waals surface area (Å²) in [6.07, 6.45) is 2.63. The normalized spacial score (nSPS) is 30.3. The Morgan fingerprint density at radius 1 is 1.36 bits per heavy atom. The fourth-order valence-corrected chi connectivity index (χ4v) is 4.72. The van der Waals surface area contributed by atoms with Crippen LogP contribution in [0.2, 0.25) is 0 Å². The van der Waals surface area contributed by atoms with Crippen molar-refractivity contribution in [1.29, 1.82) is 0 Å². The first-order valence-corrected chi connectivity index (χ1v) is 9.60. The lowest BCUT2D eigenvalue weighted by Gasteiger charge is -2.27. The van der Waals surface area contributed by atoms with Crippen LogP contribution in [0, 0.1) is 28.9 Å². The van der Waals surface area contributed by atoms with E-state index in [1.54, 1.807) is 6.92 Å². The van der Waals surface area contributed by atoms with Crippen LogP contribution in [0.15, 0.2) is 12.2 Å². The Morgan fingerprint density at radius 3 is 2.56 bits per heavy atom. The molecule has 0 heterocycles. The van der Waals surface area contributed by atoms with Crippen LogP contribution in [-0.2, 0) is 19.6 Å². The number of carbonyl (C=O) groups excluding carboxylic acids is 1. The van der Waals surface area contributed by atoms with Crippen molar-refractivity contribution in [2.75, 3.05) is 13.2 Å². The summed E-state index contributed by atoms with van der Waals surface area (Å²) in [6.45, 7) is 4.64. The third-order valence-electron chi connectivity index (χ3n) is 5.32. The van der Waals surface area contributed by atoms with Gasteiger partial charge in [0.15, 0.2) is 0 Å². The molecule has 5 atom stereocenters. The van der Waals surface area contributed by atoms with Crippen LogP contribution in [-0.4, -0.2) is 33.0 Å². The van der Waals surface area contributed by atoms with E-state index in [4.69, 9.17) is 4.74 Å². The predicted molar refractivity (Wildman–Crippen MR) is 82.4 cm³/mol. The third-order valence-corrected chi connectivity index (χ3v) is 6.73. The van der Waals surface area contributed by atoms with Crippen molar-refractivity contribution in [3.05, 3.63) is 17.4 Å². The minimum Gasteiger partial charge on any atom is -0.618 e. The van der Waals surface area contributed by atoms with Gasteiger partial charge in [-0.1, -0.05) is 6.58 Å². The molecule has 2 fully saturated rings. The number of hydroxylamine groups is 1. The van der Waals surface area contributed by atoms with Gasteiger partial charge in [-0.2, -0.15) is 21.6 Å². The number of halogens is 3. The molecule has 0 aromatic heterocycles. The first-order valence-electron chi connectivity index (χ1n) is 8.12. The van der Waals surface area contributed by atoms with Gasteiger partial charge in [0, 0.05) is 12.0 Å². The summed E-state index contributed by atoms with van der Waals surface area (Å²) in [5.74, 6) is 0.0585. The highest BCUT2D eigenvalue weighted by molar-refractivity contribution is 7.86. The number of nitrogens with one attached hydrogen (secondary N) is 1. The van der Waals surface area contributed by atoms with Crippen LogP contribution in [0.5, 0.6) is 0 Å². The van der Waals surface area contributed by atoms with Gasteiger partial charge in [0.25, 0.3) is 0 Å². The number of alkyl halides is 3. The van der Waals surface area contributed by atoms with E-state index in [-0.39, 0.29) is 30.8 Å². The molecule has 0 amide bonds. The van der Waals surface area contributed by atoms with Crippen molar-refractivity contribution in [2.45, 2.75) is 38.1 Å². The molecule has 2 aliphatic rings. The smallest absolute Gasteiger partial charge is 0.549 e. The fourth-order valence-electron chi connectivity index (χ4n) is 4.08. The summed E-state index contributed by atoms with van der Waals surface area (Å²) in [4.78, 5) is 11.5. The van der Waals surface area contributed by atoms with Gasteiger partial charge >= 0.3 is 21.5 Å². The van der Waals surface area contributed by atoms with Crippen LogP contribution in [0.25, 0.3) is 0 Å². The molecule has 2 bridgehead atoms. The van der Waals surface area contributed by atoms with Gasteiger partial charge in [-0.3, -0.25) is 4.47 Å². The highest BCUT2D eigenvalue weighted by Crippen LogP contribution is 2.53. The molecule has 2 aliphatic carbocycles. The topological polar surface area (TPSA) is 87.9 Å². The Bertz CT molecular complexity index is 634. The molecular weight excluding hydrogens is 363 g/mol. The van der Waals surface area contributed by atoms with Crippen molar-refractivity contribution in [1.82, 2.24) is 0 Å². The van der Waals surface area contributed by atoms with Gasteiger partial charge in [0.2, 0.25) is 0 Å². The van der Waals surface area contributed by atoms with Crippen LogP contribution in [0.4, 0.5) is 13.2 Å². The Labute approximate surface area is 144 Å². The van der Waals surface area contributed by atoms with Gasteiger partial charge < -0.3 is 9.94 Å². The number of rotatable bonds is 7. The number of hydrogen-bond acceptors (Lipinski definition) is 5. The number of carbonyl (C=O) groups is 1. The number of ether oxygens (including phenoxy) is 1. The van der Waals surface area contributed by atoms with E-state index in [0.717, 1.165) is 19.3 Å². The summed E-state index contributed by atoms with van der Waals surface area (Å²) in [7, 11) is -5.74. The van der Waals surface area contributed by atoms with Gasteiger partial charge in [0.1, 0.15) is 0 Å². The average Bonchev–Trinajstić information content (AvgIpc) is 3.05. The molecule has 10 heteroatoms. The van der Waals surface area contributed by atoms with E-state index >= 15 is 0 Å². The molecule has 0 aromatic rings. The molecule has 0 aliphatic heterocycles. The number of fused-ring (bicyclic) bond motifs is 2. The lowest BCUT2D eigenvalue weighted by molar-refractivity contribution is -0.712. The molecule has 5 unspecified atom stereocenters. The zero-order valence-corrected chi connectivity index (χ0v) is 14.7. The number of sulfonamides is 1. The summed E-state index contributed by atoms with van der Waals surface area (Å²) in [6, 6.07) is 0. The van der Waals surface area contributed by atoms with Crippen LogP contribution in [0.1, 0.15) is 32.6 Å². The van der Waals surface area contributed by atoms with Crippen molar-refractivity contribution in [2.24, 2.45) is 23.7 Å². The molecular formula is C15H22F3NO5S. The van der Waals surface area contributed by atoms with Gasteiger partial charge in [-0.05, 0) is 49.9 Å². The van der Waals surface area contributed by atoms with Gasteiger partial charge in [-0.15, -0.1) is 0 Å². The maximum Gasteiger partial charge on any atom is 0.549 e. The Morgan fingerprint density at radius 2 is 2.00 bits per heavy atom. The number of quaternary nitrogens is 1.